The van der Waals surface area contributed by atoms with E-state index in [0.717, 1.165) is 57.8 Å². The Bertz CT molecular complexity index is 1190. The van der Waals surface area contributed by atoms with E-state index >= 15 is 0 Å². The summed E-state index contributed by atoms with van der Waals surface area (Å²) in [6.45, 7) is 6.67. The standard InChI is InChI=1S/C65H120O6/c1-4-7-10-13-16-19-22-25-28-31-32-35-37-40-43-46-49-52-55-58-64(67)70-61-62(71-65(68)59-56-53-50-47-44-41-38-34-30-27-24-21-18-15-12-9-6-3)60-69-63(66)57-54-51-48-45-42-39-36-33-29-26-23-20-17-14-11-8-5-2/h25-30,62H,4-24,31-61H2,1-3H3/b28-25+,29-26+,30-27+/t62-/m1/s1. The Hall–Kier alpha value is -2.37. The molecule has 0 aromatic rings. The van der Waals surface area contributed by atoms with E-state index in [9.17, 15) is 14.4 Å². The minimum absolute atomic E-state index is 0.0735. The molecular weight excluding hydrogens is 877 g/mol. The zero-order valence-corrected chi connectivity index (χ0v) is 47.8. The van der Waals surface area contributed by atoms with Crippen LogP contribution in [0.4, 0.5) is 0 Å². The van der Waals surface area contributed by atoms with Crippen LogP contribution >= 0.6 is 0 Å². The van der Waals surface area contributed by atoms with Crippen LogP contribution in [0.1, 0.15) is 342 Å². The van der Waals surface area contributed by atoms with Gasteiger partial charge < -0.3 is 14.2 Å². The van der Waals surface area contributed by atoms with Gasteiger partial charge in [-0.05, 0) is 96.3 Å². The van der Waals surface area contributed by atoms with Crippen LogP contribution in [0.3, 0.4) is 0 Å². The lowest BCUT2D eigenvalue weighted by atomic mass is 10.1. The minimum atomic E-state index is -0.776. The highest BCUT2D eigenvalue weighted by Gasteiger charge is 2.19. The Balaban J connectivity index is 4.35. The summed E-state index contributed by atoms with van der Waals surface area (Å²) in [6, 6.07) is 0. The number of esters is 3. The number of ether oxygens (including phenoxy) is 3. The number of hydrogen-bond donors (Lipinski definition) is 0. The maximum atomic E-state index is 12.9. The molecule has 71 heavy (non-hydrogen) atoms. The third-order valence-corrected chi connectivity index (χ3v) is 14.1. The molecule has 0 fully saturated rings. The molecule has 1 atom stereocenters. The average Bonchev–Trinajstić information content (AvgIpc) is 3.37. The lowest BCUT2D eigenvalue weighted by Crippen LogP contribution is -2.30. The number of rotatable bonds is 58. The molecule has 0 heterocycles. The smallest absolute Gasteiger partial charge is 0.306 e. The van der Waals surface area contributed by atoms with Crippen molar-refractivity contribution in [2.45, 2.75) is 348 Å². The van der Waals surface area contributed by atoms with E-state index in [1.54, 1.807) is 0 Å². The summed E-state index contributed by atoms with van der Waals surface area (Å²) in [5, 5.41) is 0. The Kier molecular flexibility index (Phi) is 58.2. The van der Waals surface area contributed by atoms with Crippen molar-refractivity contribution < 1.29 is 28.6 Å². The molecule has 0 aliphatic heterocycles. The van der Waals surface area contributed by atoms with Crippen molar-refractivity contribution in [2.75, 3.05) is 13.2 Å². The van der Waals surface area contributed by atoms with E-state index in [-0.39, 0.29) is 31.1 Å². The van der Waals surface area contributed by atoms with Crippen LogP contribution in [0, 0.1) is 0 Å². The number of carbonyl (C=O) groups excluding carboxylic acids is 3. The van der Waals surface area contributed by atoms with Gasteiger partial charge in [-0.25, -0.2) is 0 Å². The molecular formula is C65H120O6. The maximum absolute atomic E-state index is 12.9. The van der Waals surface area contributed by atoms with Gasteiger partial charge in [-0.2, -0.15) is 0 Å². The van der Waals surface area contributed by atoms with Crippen LogP contribution < -0.4 is 0 Å². The highest BCUT2D eigenvalue weighted by atomic mass is 16.6. The lowest BCUT2D eigenvalue weighted by Gasteiger charge is -2.18. The normalized spacial score (nSPS) is 12.2. The van der Waals surface area contributed by atoms with E-state index in [2.05, 4.69) is 57.2 Å². The van der Waals surface area contributed by atoms with E-state index in [0.29, 0.717) is 19.3 Å². The van der Waals surface area contributed by atoms with Crippen molar-refractivity contribution in [3.63, 3.8) is 0 Å². The Morgan fingerprint density at radius 3 is 0.704 bits per heavy atom. The zero-order chi connectivity index (χ0) is 51.4. The van der Waals surface area contributed by atoms with Crippen LogP contribution in [-0.4, -0.2) is 37.2 Å². The first-order valence-corrected chi connectivity index (χ1v) is 31.5. The van der Waals surface area contributed by atoms with Crippen molar-refractivity contribution in [1.29, 1.82) is 0 Å². The second kappa shape index (κ2) is 60.2. The van der Waals surface area contributed by atoms with Crippen LogP contribution in [0.5, 0.6) is 0 Å². The van der Waals surface area contributed by atoms with Crippen molar-refractivity contribution >= 4 is 17.9 Å². The maximum Gasteiger partial charge on any atom is 0.306 e. The molecule has 0 aromatic heterocycles. The van der Waals surface area contributed by atoms with Crippen LogP contribution in [0.25, 0.3) is 0 Å². The van der Waals surface area contributed by atoms with Gasteiger partial charge in [0.15, 0.2) is 6.10 Å². The third kappa shape index (κ3) is 58.4. The van der Waals surface area contributed by atoms with Gasteiger partial charge >= 0.3 is 17.9 Å². The first kappa shape index (κ1) is 68.6. The first-order chi connectivity index (χ1) is 35.0. The fraction of sp³-hybridized carbons (Fsp3) is 0.862. The lowest BCUT2D eigenvalue weighted by molar-refractivity contribution is -0.167. The van der Waals surface area contributed by atoms with Crippen molar-refractivity contribution in [2.24, 2.45) is 0 Å². The Morgan fingerprint density at radius 1 is 0.268 bits per heavy atom. The van der Waals surface area contributed by atoms with E-state index in [1.807, 2.05) is 0 Å². The Morgan fingerprint density at radius 2 is 0.465 bits per heavy atom. The van der Waals surface area contributed by atoms with Crippen LogP contribution in [0.2, 0.25) is 0 Å². The van der Waals surface area contributed by atoms with Crippen molar-refractivity contribution in [1.82, 2.24) is 0 Å². The van der Waals surface area contributed by atoms with Crippen LogP contribution in [0.15, 0.2) is 36.5 Å². The fourth-order valence-electron chi connectivity index (χ4n) is 9.31. The predicted molar refractivity (Wildman–Crippen MR) is 307 cm³/mol. The highest BCUT2D eigenvalue weighted by molar-refractivity contribution is 5.71. The monoisotopic (exact) mass is 997 g/mol. The molecule has 0 rings (SSSR count). The summed E-state index contributed by atoms with van der Waals surface area (Å²) in [4.78, 5) is 38.3. The van der Waals surface area contributed by atoms with E-state index in [4.69, 9.17) is 14.2 Å². The molecule has 0 saturated carbocycles. The van der Waals surface area contributed by atoms with Gasteiger partial charge in [-0.15, -0.1) is 0 Å². The summed E-state index contributed by atoms with van der Waals surface area (Å²) >= 11 is 0. The zero-order valence-electron chi connectivity index (χ0n) is 47.8. The molecule has 0 aliphatic rings. The molecule has 0 N–H and O–H groups in total. The number of allylic oxidation sites excluding steroid dienone is 6. The van der Waals surface area contributed by atoms with Gasteiger partial charge in [-0.3, -0.25) is 14.4 Å². The molecule has 0 amide bonds. The average molecular weight is 998 g/mol. The van der Waals surface area contributed by atoms with Crippen LogP contribution in [-0.2, 0) is 28.6 Å². The van der Waals surface area contributed by atoms with E-state index < -0.39 is 6.10 Å². The molecule has 0 aliphatic carbocycles. The van der Waals surface area contributed by atoms with Gasteiger partial charge in [0.25, 0.3) is 0 Å². The molecule has 0 aromatic carbocycles. The topological polar surface area (TPSA) is 78.9 Å². The summed E-state index contributed by atoms with van der Waals surface area (Å²) in [5.74, 6) is -0.863. The summed E-state index contributed by atoms with van der Waals surface area (Å²) in [7, 11) is 0. The molecule has 0 unspecified atom stereocenters. The summed E-state index contributed by atoms with van der Waals surface area (Å²) in [6.07, 6.45) is 72.8. The second-order valence-corrected chi connectivity index (χ2v) is 21.3. The number of unbranched alkanes of at least 4 members (excludes halogenated alkanes) is 41. The fourth-order valence-corrected chi connectivity index (χ4v) is 9.31. The highest BCUT2D eigenvalue weighted by Crippen LogP contribution is 2.16. The quantitative estimate of drug-likeness (QED) is 0.0261. The van der Waals surface area contributed by atoms with Gasteiger partial charge in [-0.1, -0.05) is 263 Å². The first-order valence-electron chi connectivity index (χ1n) is 31.5. The van der Waals surface area contributed by atoms with Gasteiger partial charge in [0.05, 0.1) is 0 Å². The molecule has 0 radical (unpaired) electrons. The summed E-state index contributed by atoms with van der Waals surface area (Å²) < 4.78 is 16.9. The molecule has 6 heteroatoms. The van der Waals surface area contributed by atoms with Crippen molar-refractivity contribution in [3.8, 4) is 0 Å². The third-order valence-electron chi connectivity index (χ3n) is 14.1. The van der Waals surface area contributed by atoms with Gasteiger partial charge in [0, 0.05) is 19.3 Å². The van der Waals surface area contributed by atoms with E-state index in [1.165, 1.54) is 244 Å². The number of carbonyl (C=O) groups is 3. The largest absolute Gasteiger partial charge is 0.462 e. The minimum Gasteiger partial charge on any atom is -0.462 e. The molecule has 0 saturated heterocycles. The second-order valence-electron chi connectivity index (χ2n) is 21.3. The van der Waals surface area contributed by atoms with Gasteiger partial charge in [0.2, 0.25) is 0 Å². The Labute approximate surface area is 442 Å². The molecule has 0 bridgehead atoms. The number of hydrogen-bond acceptors (Lipinski definition) is 6. The predicted octanol–water partition coefficient (Wildman–Crippen LogP) is 21.2. The van der Waals surface area contributed by atoms with Crippen molar-refractivity contribution in [3.05, 3.63) is 36.5 Å². The SMILES string of the molecule is CCCCCCCC/C=C/CCCCCCCCCCCC(=O)OC[C@@H](COC(=O)CCCCCCCCC/C=C/CCCCCCCC)OC(=O)CCCCCCCCC/C=C/CCCCCCCC. The molecule has 0 spiro atoms. The molecule has 416 valence electrons. The molecule has 6 nitrogen and oxygen atoms in total. The summed E-state index contributed by atoms with van der Waals surface area (Å²) in [5.41, 5.74) is 0. The van der Waals surface area contributed by atoms with Gasteiger partial charge in [0.1, 0.15) is 13.2 Å².